The van der Waals surface area contributed by atoms with Gasteiger partial charge in [-0.25, -0.2) is 0 Å². The molecule has 1 atom stereocenters. The molecule has 0 bridgehead atoms. The number of unbranched alkanes of at least 4 members (excludes halogenated alkanes) is 16. The van der Waals surface area contributed by atoms with E-state index in [9.17, 15) is 14.4 Å². The summed E-state index contributed by atoms with van der Waals surface area (Å²) < 4.78 is 16.8. The van der Waals surface area contributed by atoms with Crippen LogP contribution in [0, 0.1) is 0 Å². The highest BCUT2D eigenvalue weighted by Crippen LogP contribution is 2.12. The fourth-order valence-electron chi connectivity index (χ4n) is 7.31. The average molecular weight is 994 g/mol. The van der Waals surface area contributed by atoms with E-state index in [0.29, 0.717) is 19.3 Å². The highest BCUT2D eigenvalue weighted by Gasteiger charge is 2.19. The highest BCUT2D eigenvalue weighted by molar-refractivity contribution is 5.71. The fraction of sp³-hybridized carbons (Fsp3) is 0.591. The molecule has 0 N–H and O–H groups in total. The minimum absolute atomic E-state index is 0.122. The quantitative estimate of drug-likeness (QED) is 0.0199. The summed E-state index contributed by atoms with van der Waals surface area (Å²) >= 11 is 0. The van der Waals surface area contributed by atoms with Crippen LogP contribution >= 0.6 is 0 Å². The third-order valence-electron chi connectivity index (χ3n) is 11.6. The Balaban J connectivity index is 4.59. The standard InChI is InChI=1S/C66H104O6/c1-4-7-10-13-16-19-22-25-28-31-33-35-38-41-44-47-50-53-56-59-65(68)71-62-63(61-70-64(67)58-55-52-49-46-43-40-37-30-27-24-21-18-15-12-9-6-3)72-66(69)60-57-54-51-48-45-42-39-36-34-32-29-26-23-20-17-14-11-8-5-2/h7-8,10-11,16-17,19-20,25-26,28-30,33-37,40-45,63H,4-6,9,12-15,18,21-24,27,31-32,38-39,46-62H2,1-3H3/b10-7-,11-8-,19-16-,20-17-,28-25-,29-26-,35-33-,36-34-,37-30-,43-40-,44-41-,45-42-. The van der Waals surface area contributed by atoms with Crippen LogP contribution < -0.4 is 0 Å². The zero-order valence-electron chi connectivity index (χ0n) is 46.1. The van der Waals surface area contributed by atoms with Crippen LogP contribution in [0.25, 0.3) is 0 Å². The van der Waals surface area contributed by atoms with Crippen molar-refractivity contribution in [2.75, 3.05) is 13.2 Å². The Morgan fingerprint density at radius 3 is 0.931 bits per heavy atom. The maximum Gasteiger partial charge on any atom is 0.306 e. The summed E-state index contributed by atoms with van der Waals surface area (Å²) in [5.41, 5.74) is 0. The van der Waals surface area contributed by atoms with E-state index in [-0.39, 0.29) is 37.5 Å². The summed E-state index contributed by atoms with van der Waals surface area (Å²) in [5.74, 6) is -1.02. The van der Waals surface area contributed by atoms with Crippen molar-refractivity contribution in [1.29, 1.82) is 0 Å². The number of hydrogen-bond acceptors (Lipinski definition) is 6. The van der Waals surface area contributed by atoms with Gasteiger partial charge in [0, 0.05) is 19.3 Å². The number of rotatable bonds is 50. The van der Waals surface area contributed by atoms with Gasteiger partial charge in [0.2, 0.25) is 0 Å². The van der Waals surface area contributed by atoms with Gasteiger partial charge in [-0.3, -0.25) is 14.4 Å². The van der Waals surface area contributed by atoms with Gasteiger partial charge in [0.05, 0.1) is 0 Å². The molecule has 1 unspecified atom stereocenters. The number of esters is 3. The van der Waals surface area contributed by atoms with E-state index < -0.39 is 6.10 Å². The van der Waals surface area contributed by atoms with Crippen LogP contribution in [-0.2, 0) is 28.6 Å². The van der Waals surface area contributed by atoms with E-state index in [1.165, 1.54) is 44.9 Å². The van der Waals surface area contributed by atoms with Crippen LogP contribution in [-0.4, -0.2) is 37.2 Å². The first-order valence-electron chi connectivity index (χ1n) is 28.9. The lowest BCUT2D eigenvalue weighted by Crippen LogP contribution is -2.30. The lowest BCUT2D eigenvalue weighted by molar-refractivity contribution is -0.167. The van der Waals surface area contributed by atoms with Gasteiger partial charge in [-0.2, -0.15) is 0 Å². The van der Waals surface area contributed by atoms with E-state index in [0.717, 1.165) is 141 Å². The SMILES string of the molecule is CC/C=C\C/C=C\C/C=C\C/C=C\C/C=C\CCCCCC(=O)OCC(COC(=O)CCCCC/C=C\C=C/CCCCCCCCC)OC(=O)CCCCC/C=C\C/C=C\C/C=C\C/C=C\C/C=C\CC. The van der Waals surface area contributed by atoms with Crippen LogP contribution in [0.3, 0.4) is 0 Å². The number of carbonyl (C=O) groups is 3. The second-order valence-electron chi connectivity index (χ2n) is 18.5. The first-order valence-corrected chi connectivity index (χ1v) is 28.9. The van der Waals surface area contributed by atoms with Crippen molar-refractivity contribution >= 4 is 17.9 Å². The van der Waals surface area contributed by atoms with E-state index in [1.54, 1.807) is 0 Å². The Morgan fingerprint density at radius 2 is 0.583 bits per heavy atom. The molecule has 0 aromatic rings. The van der Waals surface area contributed by atoms with Crippen molar-refractivity contribution in [2.24, 2.45) is 0 Å². The third-order valence-corrected chi connectivity index (χ3v) is 11.6. The average Bonchev–Trinajstić information content (AvgIpc) is 3.38. The Bertz CT molecular complexity index is 1610. The third kappa shape index (κ3) is 56.2. The zero-order chi connectivity index (χ0) is 52.2. The van der Waals surface area contributed by atoms with Crippen molar-refractivity contribution < 1.29 is 28.6 Å². The van der Waals surface area contributed by atoms with Crippen molar-refractivity contribution in [3.8, 4) is 0 Å². The van der Waals surface area contributed by atoms with E-state index in [4.69, 9.17) is 14.2 Å². The lowest BCUT2D eigenvalue weighted by Gasteiger charge is -2.18. The van der Waals surface area contributed by atoms with Gasteiger partial charge in [-0.15, -0.1) is 0 Å². The molecule has 0 radical (unpaired) electrons. The van der Waals surface area contributed by atoms with Gasteiger partial charge in [-0.1, -0.05) is 224 Å². The molecule has 0 aromatic carbocycles. The molecule has 0 aliphatic heterocycles. The highest BCUT2D eigenvalue weighted by atomic mass is 16.6. The monoisotopic (exact) mass is 993 g/mol. The minimum Gasteiger partial charge on any atom is -0.462 e. The van der Waals surface area contributed by atoms with Crippen molar-refractivity contribution in [3.63, 3.8) is 0 Å². The van der Waals surface area contributed by atoms with Gasteiger partial charge in [-0.05, 0) is 135 Å². The number of allylic oxidation sites excluding steroid dienone is 24. The molecule has 0 fully saturated rings. The molecular weight excluding hydrogens is 889 g/mol. The number of ether oxygens (including phenoxy) is 3. The Hall–Kier alpha value is -4.71. The van der Waals surface area contributed by atoms with Crippen LogP contribution in [0.15, 0.2) is 146 Å². The molecule has 6 heteroatoms. The lowest BCUT2D eigenvalue weighted by atomic mass is 10.1. The van der Waals surface area contributed by atoms with E-state index >= 15 is 0 Å². The maximum atomic E-state index is 12.9. The molecule has 0 amide bonds. The number of hydrogen-bond donors (Lipinski definition) is 0. The molecule has 6 nitrogen and oxygen atoms in total. The predicted octanol–water partition coefficient (Wildman–Crippen LogP) is 19.6. The van der Waals surface area contributed by atoms with Gasteiger partial charge in [0.25, 0.3) is 0 Å². The second-order valence-corrected chi connectivity index (χ2v) is 18.5. The molecule has 0 aliphatic carbocycles. The number of carbonyl (C=O) groups excluding carboxylic acids is 3. The van der Waals surface area contributed by atoms with Crippen LogP contribution in [0.2, 0.25) is 0 Å². The molecule has 0 saturated carbocycles. The van der Waals surface area contributed by atoms with Crippen LogP contribution in [0.1, 0.15) is 233 Å². The van der Waals surface area contributed by atoms with Crippen molar-refractivity contribution in [1.82, 2.24) is 0 Å². The van der Waals surface area contributed by atoms with Crippen molar-refractivity contribution in [3.05, 3.63) is 146 Å². The normalized spacial score (nSPS) is 13.2. The van der Waals surface area contributed by atoms with Gasteiger partial charge < -0.3 is 14.2 Å². The Labute approximate surface area is 442 Å². The summed E-state index contributed by atoms with van der Waals surface area (Å²) in [6.07, 6.45) is 84.1. The Kier molecular flexibility index (Phi) is 55.0. The molecule has 404 valence electrons. The molecule has 0 aromatic heterocycles. The minimum atomic E-state index is -0.828. The topological polar surface area (TPSA) is 78.9 Å². The van der Waals surface area contributed by atoms with Gasteiger partial charge >= 0.3 is 17.9 Å². The van der Waals surface area contributed by atoms with Crippen LogP contribution in [0.5, 0.6) is 0 Å². The Morgan fingerprint density at radius 1 is 0.306 bits per heavy atom. The molecule has 0 saturated heterocycles. The predicted molar refractivity (Wildman–Crippen MR) is 311 cm³/mol. The van der Waals surface area contributed by atoms with Crippen molar-refractivity contribution in [2.45, 2.75) is 239 Å². The summed E-state index contributed by atoms with van der Waals surface area (Å²) in [6, 6.07) is 0. The fourth-order valence-corrected chi connectivity index (χ4v) is 7.31. The van der Waals surface area contributed by atoms with E-state index in [1.807, 2.05) is 0 Å². The molecule has 0 aliphatic rings. The maximum absolute atomic E-state index is 12.9. The van der Waals surface area contributed by atoms with E-state index in [2.05, 4.69) is 167 Å². The molecule has 0 spiro atoms. The molecule has 0 rings (SSSR count). The van der Waals surface area contributed by atoms with Gasteiger partial charge in [0.15, 0.2) is 6.10 Å². The van der Waals surface area contributed by atoms with Crippen LogP contribution in [0.4, 0.5) is 0 Å². The largest absolute Gasteiger partial charge is 0.462 e. The first kappa shape index (κ1) is 67.3. The second kappa shape index (κ2) is 58.9. The molecule has 0 heterocycles. The summed E-state index contributed by atoms with van der Waals surface area (Å²) in [5, 5.41) is 0. The van der Waals surface area contributed by atoms with Gasteiger partial charge in [0.1, 0.15) is 13.2 Å². The summed E-state index contributed by atoms with van der Waals surface area (Å²) in [4.78, 5) is 38.2. The molecule has 72 heavy (non-hydrogen) atoms. The smallest absolute Gasteiger partial charge is 0.306 e. The first-order chi connectivity index (χ1) is 35.5. The zero-order valence-corrected chi connectivity index (χ0v) is 46.1. The summed E-state index contributed by atoms with van der Waals surface area (Å²) in [6.45, 7) is 6.32. The molecular formula is C66H104O6. The summed E-state index contributed by atoms with van der Waals surface area (Å²) in [7, 11) is 0.